The van der Waals surface area contributed by atoms with Gasteiger partial charge in [0, 0.05) is 16.3 Å². The van der Waals surface area contributed by atoms with E-state index in [1.54, 1.807) is 0 Å². The molecule has 0 atom stereocenters. The van der Waals surface area contributed by atoms with Crippen LogP contribution in [0.1, 0.15) is 0 Å². The molecule has 0 fully saturated rings. The molecule has 7 aromatic carbocycles. The van der Waals surface area contributed by atoms with E-state index in [-0.39, 0.29) is 0 Å². The lowest BCUT2D eigenvalue weighted by Gasteiger charge is -2.23. The van der Waals surface area contributed by atoms with Gasteiger partial charge in [0.25, 0.3) is 0 Å². The number of hydrogen-bond acceptors (Lipinski definition) is 2. The molecule has 0 heterocycles. The number of rotatable bonds is 6. The Morgan fingerprint density at radius 1 is 0.357 bits per heavy atom. The fourth-order valence-electron chi connectivity index (χ4n) is 6.01. The van der Waals surface area contributed by atoms with Crippen LogP contribution in [0.25, 0.3) is 43.4 Å². The molecular formula is C36H8BF17O2. The SMILES string of the molecule is Fc1ccc2c(OB(Oc3c(F)c(F)c(F)c4c(F)c5c(F)cccc5cc34)c3c(F)c(F)c(F)c(F)c3-c3c(F)c(F)c(F)c(F)c3F)ccc(F)c2c1F. The average Bonchev–Trinajstić information content (AvgIpc) is 3.17. The Balaban J connectivity index is 1.62. The zero-order valence-electron chi connectivity index (χ0n) is 26.4. The van der Waals surface area contributed by atoms with Crippen LogP contribution >= 0.6 is 0 Å². The molecule has 0 bridgehead atoms. The van der Waals surface area contributed by atoms with Crippen molar-refractivity contribution in [3.8, 4) is 22.6 Å². The van der Waals surface area contributed by atoms with Gasteiger partial charge in [-0.15, -0.1) is 0 Å². The Morgan fingerprint density at radius 3 is 1.54 bits per heavy atom. The van der Waals surface area contributed by atoms with Crippen LogP contribution in [0, 0.1) is 98.9 Å². The summed E-state index contributed by atoms with van der Waals surface area (Å²) in [4.78, 5) is 0. The second-order valence-corrected chi connectivity index (χ2v) is 11.6. The molecule has 0 aliphatic rings. The molecule has 56 heavy (non-hydrogen) atoms. The van der Waals surface area contributed by atoms with Crippen molar-refractivity contribution < 1.29 is 83.9 Å². The minimum Gasteiger partial charge on any atom is -0.521 e. The van der Waals surface area contributed by atoms with Crippen molar-refractivity contribution in [3.63, 3.8) is 0 Å². The smallest absolute Gasteiger partial charge is 0.521 e. The van der Waals surface area contributed by atoms with Gasteiger partial charge in [-0.2, -0.15) is 4.39 Å². The summed E-state index contributed by atoms with van der Waals surface area (Å²) in [5.41, 5.74) is -7.30. The quantitative estimate of drug-likeness (QED) is 0.0548. The standard InChI is InChI=1S/C36H8BF17O2/c38-12-3-1-2-9-8-11-18(23(42)16(9)12)24(43)32(51)35(54)36(11)56-37(55-15-7-6-13(39)17-10(15)4-5-14(40)22(17)41)21-19(25(44)29(48)33(52)28(21)47)20-26(45)30(49)34(53)31(50)27(20)46/h1-8H. The first-order valence-corrected chi connectivity index (χ1v) is 15.0. The fraction of sp³-hybridized carbons (Fsp3) is 0. The number of hydrogen-bond donors (Lipinski definition) is 0. The highest BCUT2D eigenvalue weighted by molar-refractivity contribution is 6.65. The van der Waals surface area contributed by atoms with Gasteiger partial charge in [-0.25, -0.2) is 70.2 Å². The Bertz CT molecular complexity index is 2840. The summed E-state index contributed by atoms with van der Waals surface area (Å²) in [7, 11) is -3.51. The van der Waals surface area contributed by atoms with Gasteiger partial charge in [-0.3, -0.25) is 0 Å². The zero-order valence-corrected chi connectivity index (χ0v) is 26.4. The Morgan fingerprint density at radius 2 is 0.893 bits per heavy atom. The van der Waals surface area contributed by atoms with Crippen molar-refractivity contribution >= 4 is 44.9 Å². The van der Waals surface area contributed by atoms with E-state index >= 15 is 39.5 Å². The fourth-order valence-corrected chi connectivity index (χ4v) is 6.01. The van der Waals surface area contributed by atoms with Crippen LogP contribution in [0.5, 0.6) is 11.5 Å². The van der Waals surface area contributed by atoms with Crippen molar-refractivity contribution in [1.29, 1.82) is 0 Å². The third-order valence-electron chi connectivity index (χ3n) is 8.54. The summed E-state index contributed by atoms with van der Waals surface area (Å²) in [5.74, 6) is -45.5. The normalized spacial score (nSPS) is 11.7. The highest BCUT2D eigenvalue weighted by Gasteiger charge is 2.44. The molecule has 286 valence electrons. The van der Waals surface area contributed by atoms with Gasteiger partial charge in [0.15, 0.2) is 69.8 Å². The molecule has 0 aliphatic heterocycles. The van der Waals surface area contributed by atoms with Crippen molar-refractivity contribution in [2.24, 2.45) is 0 Å². The molecule has 7 aromatic rings. The number of fused-ring (bicyclic) bond motifs is 3. The van der Waals surface area contributed by atoms with Crippen LogP contribution in [0.3, 0.4) is 0 Å². The lowest BCUT2D eigenvalue weighted by Crippen LogP contribution is -2.47. The summed E-state index contributed by atoms with van der Waals surface area (Å²) in [6, 6.07) is 4.69. The van der Waals surface area contributed by atoms with E-state index < -0.39 is 166 Å². The molecule has 0 amide bonds. The molecule has 0 unspecified atom stereocenters. The molecular weight excluding hydrogens is 798 g/mol. The predicted octanol–water partition coefficient (Wildman–Crippen LogP) is 11.0. The molecule has 0 radical (unpaired) electrons. The minimum absolute atomic E-state index is 0.300. The van der Waals surface area contributed by atoms with Crippen molar-refractivity contribution in [3.05, 3.63) is 147 Å². The molecule has 7 rings (SSSR count). The maximum Gasteiger partial charge on any atom is 0.636 e. The first-order chi connectivity index (χ1) is 26.4. The third kappa shape index (κ3) is 5.51. The molecule has 0 saturated heterocycles. The molecule has 0 aliphatic carbocycles. The predicted molar refractivity (Wildman–Crippen MR) is 163 cm³/mol. The Hall–Kier alpha value is -6.21. The molecule has 20 heteroatoms. The third-order valence-corrected chi connectivity index (χ3v) is 8.54. The van der Waals surface area contributed by atoms with Gasteiger partial charge >= 0.3 is 7.12 Å². The Labute approximate surface area is 299 Å². The second-order valence-electron chi connectivity index (χ2n) is 11.6. The molecule has 0 spiro atoms. The van der Waals surface area contributed by atoms with Crippen LogP contribution < -0.4 is 14.8 Å². The zero-order chi connectivity index (χ0) is 40.8. The van der Waals surface area contributed by atoms with Gasteiger partial charge in [0.05, 0.1) is 27.2 Å². The molecule has 0 saturated carbocycles. The number of benzene rings is 7. The van der Waals surface area contributed by atoms with Crippen LogP contribution in [-0.2, 0) is 0 Å². The van der Waals surface area contributed by atoms with Crippen LogP contribution in [0.15, 0.2) is 48.5 Å². The van der Waals surface area contributed by atoms with Gasteiger partial charge in [0.1, 0.15) is 29.0 Å². The summed E-state index contributed by atoms with van der Waals surface area (Å²) in [5, 5.41) is -6.70. The largest absolute Gasteiger partial charge is 0.636 e. The minimum atomic E-state index is -3.51. The van der Waals surface area contributed by atoms with Crippen LogP contribution in [0.2, 0.25) is 0 Å². The summed E-state index contributed by atoms with van der Waals surface area (Å²) < 4.78 is 265. The van der Waals surface area contributed by atoms with Gasteiger partial charge in [-0.1, -0.05) is 12.1 Å². The van der Waals surface area contributed by atoms with Gasteiger partial charge in [-0.05, 0) is 41.8 Å². The van der Waals surface area contributed by atoms with Crippen LogP contribution in [0.4, 0.5) is 74.6 Å². The van der Waals surface area contributed by atoms with E-state index in [1.807, 2.05) is 0 Å². The summed E-state index contributed by atoms with van der Waals surface area (Å²) >= 11 is 0. The van der Waals surface area contributed by atoms with Crippen molar-refractivity contribution in [2.45, 2.75) is 0 Å². The highest BCUT2D eigenvalue weighted by Crippen LogP contribution is 2.41. The first kappa shape index (κ1) is 38.1. The molecule has 0 aromatic heterocycles. The first-order valence-electron chi connectivity index (χ1n) is 15.0. The van der Waals surface area contributed by atoms with E-state index in [2.05, 4.69) is 0 Å². The summed E-state index contributed by atoms with van der Waals surface area (Å²) in [6.45, 7) is 0. The van der Waals surface area contributed by atoms with E-state index in [4.69, 9.17) is 9.31 Å². The Kier molecular flexibility index (Phi) is 9.20. The lowest BCUT2D eigenvalue weighted by molar-refractivity contribution is 0.378. The monoisotopic (exact) mass is 806 g/mol. The second kappa shape index (κ2) is 13.5. The van der Waals surface area contributed by atoms with Crippen molar-refractivity contribution in [2.75, 3.05) is 0 Å². The van der Waals surface area contributed by atoms with Crippen LogP contribution in [-0.4, -0.2) is 7.12 Å². The van der Waals surface area contributed by atoms with Gasteiger partial charge in [0.2, 0.25) is 11.6 Å². The lowest BCUT2D eigenvalue weighted by atomic mass is 9.72. The van der Waals surface area contributed by atoms with E-state index in [0.29, 0.717) is 36.4 Å². The van der Waals surface area contributed by atoms with E-state index in [9.17, 15) is 35.1 Å². The van der Waals surface area contributed by atoms with Gasteiger partial charge < -0.3 is 9.31 Å². The maximum atomic E-state index is 16.0. The van der Waals surface area contributed by atoms with E-state index in [0.717, 1.165) is 12.1 Å². The van der Waals surface area contributed by atoms with E-state index in [1.165, 1.54) is 0 Å². The number of halogens is 17. The summed E-state index contributed by atoms with van der Waals surface area (Å²) in [6.07, 6.45) is 0. The average molecular weight is 806 g/mol. The maximum absolute atomic E-state index is 16.0. The highest BCUT2D eigenvalue weighted by atomic mass is 19.2. The topological polar surface area (TPSA) is 18.5 Å². The van der Waals surface area contributed by atoms with Crippen molar-refractivity contribution in [1.82, 2.24) is 0 Å². The molecule has 2 nitrogen and oxygen atoms in total. The molecule has 0 N–H and O–H groups in total.